The molecule has 1 aliphatic heterocycles. The van der Waals surface area contributed by atoms with Gasteiger partial charge in [-0.25, -0.2) is 0 Å². The summed E-state index contributed by atoms with van der Waals surface area (Å²) >= 11 is 0. The highest BCUT2D eigenvalue weighted by Gasteiger charge is 2.52. The number of hydrogen-bond acceptors (Lipinski definition) is 5. The lowest BCUT2D eigenvalue weighted by atomic mass is 9.74. The van der Waals surface area contributed by atoms with Crippen molar-refractivity contribution in [1.82, 2.24) is 9.97 Å². The summed E-state index contributed by atoms with van der Waals surface area (Å²) in [5.41, 5.74) is 5.22. The zero-order valence-corrected chi connectivity index (χ0v) is 17.7. The van der Waals surface area contributed by atoms with Gasteiger partial charge in [0.2, 0.25) is 0 Å². The molecule has 3 aromatic rings. The molecule has 0 spiro atoms. The summed E-state index contributed by atoms with van der Waals surface area (Å²) in [6.07, 6.45) is 4.18. The summed E-state index contributed by atoms with van der Waals surface area (Å²) in [5, 5.41) is 10.4. The predicted octanol–water partition coefficient (Wildman–Crippen LogP) is 3.32. The van der Waals surface area contributed by atoms with E-state index in [9.17, 15) is 5.11 Å². The van der Waals surface area contributed by atoms with Crippen LogP contribution in [-0.4, -0.2) is 33.4 Å². The Morgan fingerprint density at radius 2 is 1.76 bits per heavy atom. The molecule has 1 aliphatic rings. The second-order valence-electron chi connectivity index (χ2n) is 8.73. The van der Waals surface area contributed by atoms with Crippen LogP contribution in [0.3, 0.4) is 0 Å². The molecule has 0 atom stereocenters. The molecule has 0 radical (unpaired) electrons. The Bertz CT molecular complexity index is 1050. The molecule has 1 aromatic carbocycles. The molecule has 5 nitrogen and oxygen atoms in total. The van der Waals surface area contributed by atoms with Gasteiger partial charge >= 0.3 is 7.12 Å². The Hall–Kier alpha value is -2.28. The van der Waals surface area contributed by atoms with Crippen LogP contribution in [0.15, 0.2) is 42.7 Å². The summed E-state index contributed by atoms with van der Waals surface area (Å²) in [5.74, 6) is 0. The van der Waals surface area contributed by atoms with E-state index < -0.39 is 0 Å². The van der Waals surface area contributed by atoms with Crippen LogP contribution in [0.2, 0.25) is 0 Å². The van der Waals surface area contributed by atoms with Crippen LogP contribution in [0.25, 0.3) is 10.9 Å². The van der Waals surface area contributed by atoms with Crippen LogP contribution in [0.1, 0.15) is 50.1 Å². The van der Waals surface area contributed by atoms with E-state index in [1.165, 1.54) is 5.56 Å². The Kier molecular flexibility index (Phi) is 4.97. The standard InChI is InChI=1S/C23H27BN2O3/c1-15-17(7-6-8-19(15)24-28-22(2,3)23(4,5)29-24)12-20-21-18(9-10-25-20)11-16(14-27)13-26-21/h6-11,13,27H,12,14H2,1-5H3. The first kappa shape index (κ1) is 20.0. The van der Waals surface area contributed by atoms with Crippen molar-refractivity contribution in [3.63, 3.8) is 0 Å². The number of pyridine rings is 2. The van der Waals surface area contributed by atoms with Gasteiger partial charge in [0.25, 0.3) is 0 Å². The SMILES string of the molecule is Cc1c(Cc2nccc3cc(CO)cnc23)cccc1B1OC(C)(C)C(C)(C)O1. The van der Waals surface area contributed by atoms with E-state index in [2.05, 4.69) is 56.7 Å². The minimum absolute atomic E-state index is 0.0180. The van der Waals surface area contributed by atoms with Gasteiger partial charge in [0.15, 0.2) is 0 Å². The van der Waals surface area contributed by atoms with Crippen molar-refractivity contribution in [2.75, 3.05) is 0 Å². The summed E-state index contributed by atoms with van der Waals surface area (Å²) in [6.45, 7) is 10.4. The van der Waals surface area contributed by atoms with Gasteiger partial charge in [0.05, 0.1) is 29.0 Å². The normalized spacial score (nSPS) is 17.8. The molecule has 6 heteroatoms. The van der Waals surface area contributed by atoms with Gasteiger partial charge in [-0.2, -0.15) is 0 Å². The van der Waals surface area contributed by atoms with Crippen molar-refractivity contribution in [3.8, 4) is 0 Å². The fourth-order valence-electron chi connectivity index (χ4n) is 3.68. The number of hydrogen-bond donors (Lipinski definition) is 1. The molecular formula is C23H27BN2O3. The smallest absolute Gasteiger partial charge is 0.399 e. The highest BCUT2D eigenvalue weighted by molar-refractivity contribution is 6.62. The maximum absolute atomic E-state index is 9.37. The van der Waals surface area contributed by atoms with Gasteiger partial charge in [0.1, 0.15) is 0 Å². The van der Waals surface area contributed by atoms with Gasteiger partial charge < -0.3 is 14.4 Å². The first-order valence-electron chi connectivity index (χ1n) is 9.99. The fourth-order valence-corrected chi connectivity index (χ4v) is 3.68. The lowest BCUT2D eigenvalue weighted by Crippen LogP contribution is -2.41. The van der Waals surface area contributed by atoms with Crippen molar-refractivity contribution in [2.24, 2.45) is 0 Å². The Balaban J connectivity index is 1.68. The van der Waals surface area contributed by atoms with Crippen molar-refractivity contribution in [3.05, 3.63) is 65.1 Å². The Morgan fingerprint density at radius 3 is 2.45 bits per heavy atom. The van der Waals surface area contributed by atoms with Gasteiger partial charge in [-0.05, 0) is 68.9 Å². The van der Waals surface area contributed by atoms with Crippen LogP contribution < -0.4 is 5.46 Å². The molecule has 3 heterocycles. The number of rotatable bonds is 4. The molecule has 0 unspecified atom stereocenters. The molecule has 1 fully saturated rings. The molecule has 0 amide bonds. The van der Waals surface area contributed by atoms with Crippen LogP contribution in [0.4, 0.5) is 0 Å². The third kappa shape index (κ3) is 3.57. The third-order valence-electron chi connectivity index (χ3n) is 6.27. The lowest BCUT2D eigenvalue weighted by Gasteiger charge is -2.32. The van der Waals surface area contributed by atoms with E-state index in [1.54, 1.807) is 12.4 Å². The first-order valence-corrected chi connectivity index (χ1v) is 9.99. The third-order valence-corrected chi connectivity index (χ3v) is 6.27. The maximum Gasteiger partial charge on any atom is 0.495 e. The number of aliphatic hydroxyl groups is 1. The predicted molar refractivity (Wildman–Crippen MR) is 115 cm³/mol. The van der Waals surface area contributed by atoms with E-state index in [-0.39, 0.29) is 24.9 Å². The molecule has 4 rings (SSSR count). The largest absolute Gasteiger partial charge is 0.495 e. The summed E-state index contributed by atoms with van der Waals surface area (Å²) in [6, 6.07) is 10.1. The number of fused-ring (bicyclic) bond motifs is 1. The average molecular weight is 390 g/mol. The van der Waals surface area contributed by atoms with Crippen molar-refractivity contribution in [2.45, 2.75) is 58.8 Å². The molecule has 0 saturated carbocycles. The van der Waals surface area contributed by atoms with Gasteiger partial charge in [0, 0.05) is 24.2 Å². The zero-order valence-electron chi connectivity index (χ0n) is 17.7. The minimum Gasteiger partial charge on any atom is -0.399 e. The van der Waals surface area contributed by atoms with Crippen LogP contribution >= 0.6 is 0 Å². The van der Waals surface area contributed by atoms with E-state index >= 15 is 0 Å². The van der Waals surface area contributed by atoms with E-state index in [0.29, 0.717) is 6.42 Å². The monoisotopic (exact) mass is 390 g/mol. The molecule has 1 saturated heterocycles. The highest BCUT2D eigenvalue weighted by Crippen LogP contribution is 2.36. The van der Waals surface area contributed by atoms with Crippen molar-refractivity contribution >= 4 is 23.5 Å². The summed E-state index contributed by atoms with van der Waals surface area (Å²) < 4.78 is 12.5. The number of aromatic nitrogens is 2. The molecule has 1 N–H and O–H groups in total. The molecule has 150 valence electrons. The molecule has 29 heavy (non-hydrogen) atoms. The lowest BCUT2D eigenvalue weighted by molar-refractivity contribution is 0.00578. The Morgan fingerprint density at radius 1 is 1.03 bits per heavy atom. The van der Waals surface area contributed by atoms with Crippen LogP contribution in [0.5, 0.6) is 0 Å². The fraction of sp³-hybridized carbons (Fsp3) is 0.391. The van der Waals surface area contributed by atoms with Crippen LogP contribution in [-0.2, 0) is 22.3 Å². The first-order chi connectivity index (χ1) is 13.7. The summed E-state index contributed by atoms with van der Waals surface area (Å²) in [7, 11) is -0.384. The molecule has 0 aliphatic carbocycles. The number of nitrogens with zero attached hydrogens (tertiary/aromatic N) is 2. The number of aliphatic hydroxyl groups excluding tert-OH is 1. The maximum atomic E-state index is 9.37. The quantitative estimate of drug-likeness (QED) is 0.693. The molecule has 0 bridgehead atoms. The topological polar surface area (TPSA) is 64.5 Å². The van der Waals surface area contributed by atoms with Crippen molar-refractivity contribution < 1.29 is 14.4 Å². The van der Waals surface area contributed by atoms with Gasteiger partial charge in [-0.1, -0.05) is 18.2 Å². The molecular weight excluding hydrogens is 363 g/mol. The minimum atomic E-state index is -0.384. The van der Waals surface area contributed by atoms with Crippen molar-refractivity contribution in [1.29, 1.82) is 0 Å². The van der Waals surface area contributed by atoms with Crippen LogP contribution in [0, 0.1) is 6.92 Å². The van der Waals surface area contributed by atoms with Gasteiger partial charge in [-0.3, -0.25) is 9.97 Å². The average Bonchev–Trinajstić information content (AvgIpc) is 2.90. The highest BCUT2D eigenvalue weighted by atomic mass is 16.7. The molecule has 2 aromatic heterocycles. The number of benzene rings is 1. The van der Waals surface area contributed by atoms with Gasteiger partial charge in [-0.15, -0.1) is 0 Å². The second kappa shape index (κ2) is 7.20. The second-order valence-corrected chi connectivity index (χ2v) is 8.73. The van der Waals surface area contributed by atoms with E-state index in [1.807, 2.05) is 18.2 Å². The zero-order chi connectivity index (χ0) is 20.8. The van der Waals surface area contributed by atoms with E-state index in [4.69, 9.17) is 9.31 Å². The summed E-state index contributed by atoms with van der Waals surface area (Å²) in [4.78, 5) is 9.13. The Labute approximate surface area is 172 Å². The van der Waals surface area contributed by atoms with E-state index in [0.717, 1.165) is 33.2 Å².